The van der Waals surface area contributed by atoms with Gasteiger partial charge in [-0.1, -0.05) is 132 Å². The molecule has 0 spiro atoms. The minimum absolute atomic E-state index is 0.0220. The predicted octanol–water partition coefficient (Wildman–Crippen LogP) is 10.6. The van der Waals surface area contributed by atoms with Crippen LogP contribution in [0.1, 0.15) is 162 Å². The summed E-state index contributed by atoms with van der Waals surface area (Å²) in [6.45, 7) is 4.46. The van der Waals surface area contributed by atoms with Crippen molar-refractivity contribution in [1.82, 2.24) is 0 Å². The van der Waals surface area contributed by atoms with Gasteiger partial charge in [-0.3, -0.25) is 9.59 Å². The number of esters is 2. The van der Waals surface area contributed by atoms with Crippen LogP contribution in [0.4, 0.5) is 0 Å². The largest absolute Gasteiger partial charge is 0.544 e. The van der Waals surface area contributed by atoms with Gasteiger partial charge in [0.25, 0.3) is 0 Å². The Morgan fingerprint density at radius 2 is 1.00 bits per heavy atom. The predicted molar refractivity (Wildman–Crippen MR) is 231 cm³/mol. The average molecular weight is 784 g/mol. The average Bonchev–Trinajstić information content (AvgIpc) is 3.15. The molecule has 0 aromatic heterocycles. The van der Waals surface area contributed by atoms with Gasteiger partial charge >= 0.3 is 11.9 Å². The van der Waals surface area contributed by atoms with Crippen molar-refractivity contribution in [3.8, 4) is 0 Å². The summed E-state index contributed by atoms with van der Waals surface area (Å²) in [5.74, 6) is -1.80. The number of nitrogens with zero attached hydrogens (tertiary/aromatic N) is 1. The Morgan fingerprint density at radius 1 is 0.554 bits per heavy atom. The number of carboxylic acids is 1. The lowest BCUT2D eigenvalue weighted by atomic mass is 10.1. The summed E-state index contributed by atoms with van der Waals surface area (Å²) in [7, 11) is 5.38. The third-order valence-electron chi connectivity index (χ3n) is 9.33. The summed E-state index contributed by atoms with van der Waals surface area (Å²) in [4.78, 5) is 36.8. The highest BCUT2D eigenvalue weighted by Gasteiger charge is 2.25. The van der Waals surface area contributed by atoms with E-state index in [0.29, 0.717) is 12.8 Å². The minimum atomic E-state index is -1.13. The molecule has 0 aliphatic heterocycles. The van der Waals surface area contributed by atoms with Crippen LogP contribution in [0.5, 0.6) is 0 Å². The molecule has 0 aromatic carbocycles. The Labute approximate surface area is 342 Å². The number of hydrogen-bond donors (Lipinski definition) is 0. The normalized spacial score (nSPS) is 13.7. The van der Waals surface area contributed by atoms with Crippen LogP contribution in [0.3, 0.4) is 0 Å². The molecule has 0 saturated heterocycles. The number of ether oxygens (including phenoxy) is 3. The number of unbranched alkanes of at least 4 members (excludes halogenated alkanes) is 12. The molecule has 56 heavy (non-hydrogen) atoms. The number of allylic oxidation sites excluding steroid dienone is 12. The van der Waals surface area contributed by atoms with Gasteiger partial charge in [-0.25, -0.2) is 0 Å². The first kappa shape index (κ1) is 52.8. The standard InChI is InChI=1S/C48H81NO7/c1-6-8-10-12-14-16-18-20-21-22-23-24-25-27-29-31-33-35-37-39-47(51)56-44(42-54-41-40-45(48(52)53)49(3,4)5)43-55-46(50)38-36-34-32-30-28-26-19-17-15-13-11-9-7-2/h9,11,14-17,20-21,23-24,26,28,44-45H,6-8,10,12-13,18-19,22,25,27,29-43H2,1-5H3/b11-9-,16-14-,17-15-,21-20-,24-23-,28-26-. The highest BCUT2D eigenvalue weighted by Crippen LogP contribution is 2.12. The van der Waals surface area contributed by atoms with E-state index < -0.39 is 18.1 Å². The van der Waals surface area contributed by atoms with E-state index in [4.69, 9.17) is 14.2 Å². The van der Waals surface area contributed by atoms with Crippen LogP contribution in [0.2, 0.25) is 0 Å². The highest BCUT2D eigenvalue weighted by molar-refractivity contribution is 5.70. The molecule has 0 rings (SSSR count). The summed E-state index contributed by atoms with van der Waals surface area (Å²) < 4.78 is 17.1. The topological polar surface area (TPSA) is 102 Å². The molecule has 0 heterocycles. The van der Waals surface area contributed by atoms with Crippen molar-refractivity contribution in [3.05, 3.63) is 72.9 Å². The molecule has 0 aromatic rings. The molecule has 0 radical (unpaired) electrons. The van der Waals surface area contributed by atoms with Gasteiger partial charge in [-0.15, -0.1) is 0 Å². The van der Waals surface area contributed by atoms with E-state index >= 15 is 0 Å². The van der Waals surface area contributed by atoms with E-state index in [1.165, 1.54) is 38.5 Å². The second kappa shape index (κ2) is 38.6. The van der Waals surface area contributed by atoms with Crippen molar-refractivity contribution in [2.24, 2.45) is 0 Å². The molecule has 0 amide bonds. The Kier molecular flexibility index (Phi) is 36.4. The van der Waals surface area contributed by atoms with E-state index in [0.717, 1.165) is 89.9 Å². The van der Waals surface area contributed by atoms with Crippen LogP contribution in [-0.4, -0.2) is 75.5 Å². The van der Waals surface area contributed by atoms with Crippen LogP contribution in [-0.2, 0) is 28.6 Å². The first-order valence-corrected chi connectivity index (χ1v) is 22.0. The molecule has 0 saturated carbocycles. The van der Waals surface area contributed by atoms with Gasteiger partial charge in [0.1, 0.15) is 12.6 Å². The fraction of sp³-hybridized carbons (Fsp3) is 0.688. The maximum absolute atomic E-state index is 12.7. The molecule has 320 valence electrons. The number of rotatable bonds is 38. The SMILES string of the molecule is CC/C=C\C/C=C\C/C=C\CCCCCC(=O)OCC(COCCC(C(=O)[O-])[N+](C)(C)C)OC(=O)CCCCCCCC/C=C\C/C=C\C/C=C\CCCCC. The van der Waals surface area contributed by atoms with Crippen LogP contribution in [0.15, 0.2) is 72.9 Å². The molecule has 0 aliphatic rings. The first-order valence-electron chi connectivity index (χ1n) is 22.0. The Bertz CT molecular complexity index is 1140. The Morgan fingerprint density at radius 3 is 1.50 bits per heavy atom. The van der Waals surface area contributed by atoms with Crippen molar-refractivity contribution in [2.75, 3.05) is 41.0 Å². The van der Waals surface area contributed by atoms with Gasteiger partial charge in [0, 0.05) is 19.3 Å². The number of carbonyl (C=O) groups excluding carboxylic acids is 3. The molecular formula is C48H81NO7. The van der Waals surface area contributed by atoms with E-state index in [1.807, 2.05) is 0 Å². The third kappa shape index (κ3) is 36.4. The molecule has 0 aliphatic carbocycles. The lowest BCUT2D eigenvalue weighted by Crippen LogP contribution is -2.55. The Balaban J connectivity index is 4.41. The summed E-state index contributed by atoms with van der Waals surface area (Å²) >= 11 is 0. The van der Waals surface area contributed by atoms with Gasteiger partial charge in [-0.2, -0.15) is 0 Å². The van der Waals surface area contributed by atoms with Crippen molar-refractivity contribution in [1.29, 1.82) is 0 Å². The van der Waals surface area contributed by atoms with E-state index in [2.05, 4.69) is 86.8 Å². The van der Waals surface area contributed by atoms with Crippen LogP contribution in [0, 0.1) is 0 Å². The molecule has 0 N–H and O–H groups in total. The van der Waals surface area contributed by atoms with E-state index in [-0.39, 0.29) is 42.7 Å². The summed E-state index contributed by atoms with van der Waals surface area (Å²) in [5, 5.41) is 11.6. The monoisotopic (exact) mass is 784 g/mol. The first-order chi connectivity index (χ1) is 27.1. The minimum Gasteiger partial charge on any atom is -0.544 e. The van der Waals surface area contributed by atoms with Crippen molar-refractivity contribution in [3.63, 3.8) is 0 Å². The Hall–Kier alpha value is -3.23. The summed E-state index contributed by atoms with van der Waals surface area (Å²) in [6, 6.07) is -0.736. The number of hydrogen-bond acceptors (Lipinski definition) is 7. The second-order valence-corrected chi connectivity index (χ2v) is 15.5. The quantitative estimate of drug-likeness (QED) is 0.0266. The molecular weight excluding hydrogens is 703 g/mol. The summed E-state index contributed by atoms with van der Waals surface area (Å²) in [5.41, 5.74) is 0. The second-order valence-electron chi connectivity index (χ2n) is 15.5. The molecule has 0 bridgehead atoms. The van der Waals surface area contributed by atoms with Gasteiger partial charge in [-0.05, 0) is 83.5 Å². The maximum atomic E-state index is 12.7. The van der Waals surface area contributed by atoms with Crippen molar-refractivity contribution < 1.29 is 38.2 Å². The van der Waals surface area contributed by atoms with Gasteiger partial charge in [0.2, 0.25) is 0 Å². The number of likely N-dealkylation sites (N-methyl/N-ethyl adjacent to an activating group) is 1. The number of carboxylic acid groups (broad SMARTS) is 1. The lowest BCUT2D eigenvalue weighted by Gasteiger charge is -2.34. The fourth-order valence-corrected chi connectivity index (χ4v) is 5.91. The van der Waals surface area contributed by atoms with Gasteiger partial charge < -0.3 is 28.6 Å². The highest BCUT2D eigenvalue weighted by atomic mass is 16.6. The van der Waals surface area contributed by atoms with Crippen molar-refractivity contribution >= 4 is 17.9 Å². The zero-order valence-electron chi connectivity index (χ0n) is 36.3. The molecule has 8 heteroatoms. The number of carbonyl (C=O) groups is 3. The number of aliphatic carboxylic acids is 1. The lowest BCUT2D eigenvalue weighted by molar-refractivity contribution is -0.889. The van der Waals surface area contributed by atoms with Crippen LogP contribution >= 0.6 is 0 Å². The zero-order valence-corrected chi connectivity index (χ0v) is 36.3. The van der Waals surface area contributed by atoms with Gasteiger partial charge in [0.15, 0.2) is 6.10 Å². The van der Waals surface area contributed by atoms with Crippen LogP contribution < -0.4 is 5.11 Å². The van der Waals surface area contributed by atoms with Crippen LogP contribution in [0.25, 0.3) is 0 Å². The molecule has 0 fully saturated rings. The van der Waals surface area contributed by atoms with Crippen molar-refractivity contribution in [2.45, 2.75) is 174 Å². The third-order valence-corrected chi connectivity index (χ3v) is 9.33. The molecule has 2 unspecified atom stereocenters. The fourth-order valence-electron chi connectivity index (χ4n) is 5.91. The smallest absolute Gasteiger partial charge is 0.306 e. The number of quaternary nitrogens is 1. The summed E-state index contributed by atoms with van der Waals surface area (Å²) in [6.07, 6.45) is 47.8. The van der Waals surface area contributed by atoms with E-state index in [9.17, 15) is 19.5 Å². The molecule has 2 atom stereocenters. The van der Waals surface area contributed by atoms with Gasteiger partial charge in [0.05, 0.1) is 40.3 Å². The maximum Gasteiger partial charge on any atom is 0.306 e. The zero-order chi connectivity index (χ0) is 41.4. The van der Waals surface area contributed by atoms with E-state index in [1.54, 1.807) is 21.1 Å². The molecule has 8 nitrogen and oxygen atoms in total.